The van der Waals surface area contributed by atoms with Crippen molar-refractivity contribution in [1.82, 2.24) is 0 Å². The second-order valence-electron chi connectivity index (χ2n) is 3.94. The number of halogens is 1. The number of nitro benzene ring substituents is 1. The Balaban J connectivity index is 2.08. The lowest BCUT2D eigenvalue weighted by atomic mass is 10.2. The molecular formula is C12H10BrN3O3S. The molecule has 0 spiro atoms. The van der Waals surface area contributed by atoms with E-state index in [9.17, 15) is 14.9 Å². The van der Waals surface area contributed by atoms with E-state index < -0.39 is 10.8 Å². The molecule has 0 bridgehead atoms. The van der Waals surface area contributed by atoms with Crippen molar-refractivity contribution in [3.05, 3.63) is 54.7 Å². The number of hydrogen-bond donors (Lipinski definition) is 2. The molecule has 0 aliphatic rings. The largest absolute Gasteiger partial charge is 0.380 e. The van der Waals surface area contributed by atoms with Gasteiger partial charge in [-0.05, 0) is 34.1 Å². The minimum Gasteiger partial charge on any atom is -0.380 e. The lowest BCUT2D eigenvalue weighted by molar-refractivity contribution is -0.385. The molecule has 8 heteroatoms. The van der Waals surface area contributed by atoms with Gasteiger partial charge >= 0.3 is 0 Å². The topological polar surface area (TPSA) is 98.3 Å². The monoisotopic (exact) mass is 355 g/mol. The summed E-state index contributed by atoms with van der Waals surface area (Å²) in [5.41, 5.74) is 6.27. The van der Waals surface area contributed by atoms with Crippen LogP contribution < -0.4 is 11.1 Å². The van der Waals surface area contributed by atoms with Crippen molar-refractivity contribution in [3.8, 4) is 0 Å². The zero-order valence-electron chi connectivity index (χ0n) is 10.1. The van der Waals surface area contributed by atoms with Gasteiger partial charge in [0, 0.05) is 28.6 Å². The Labute approximate surface area is 126 Å². The fraction of sp³-hybridized carbons (Fsp3) is 0.0833. The van der Waals surface area contributed by atoms with Crippen LogP contribution >= 0.6 is 27.3 Å². The summed E-state index contributed by atoms with van der Waals surface area (Å²) in [6.45, 7) is 0.469. The Morgan fingerprint density at radius 1 is 1.45 bits per heavy atom. The van der Waals surface area contributed by atoms with Crippen LogP contribution in [0.1, 0.15) is 15.2 Å². The van der Waals surface area contributed by atoms with Gasteiger partial charge in [0.15, 0.2) is 0 Å². The summed E-state index contributed by atoms with van der Waals surface area (Å²) in [6.07, 6.45) is 0. The third kappa shape index (κ3) is 3.34. The molecule has 2 rings (SSSR count). The molecule has 1 aromatic heterocycles. The van der Waals surface area contributed by atoms with Crippen molar-refractivity contribution >= 4 is 44.5 Å². The summed E-state index contributed by atoms with van der Waals surface area (Å²) < 4.78 is 0.431. The van der Waals surface area contributed by atoms with Gasteiger partial charge in [-0.3, -0.25) is 14.9 Å². The minimum absolute atomic E-state index is 0.000922. The van der Waals surface area contributed by atoms with Gasteiger partial charge < -0.3 is 11.1 Å². The summed E-state index contributed by atoms with van der Waals surface area (Å²) in [7, 11) is 0. The van der Waals surface area contributed by atoms with E-state index in [0.29, 0.717) is 22.3 Å². The summed E-state index contributed by atoms with van der Waals surface area (Å²) >= 11 is 4.53. The van der Waals surface area contributed by atoms with Crippen LogP contribution in [0.3, 0.4) is 0 Å². The van der Waals surface area contributed by atoms with Crippen LogP contribution in [-0.4, -0.2) is 10.8 Å². The fourth-order valence-electron chi connectivity index (χ4n) is 1.55. The first-order chi connectivity index (χ1) is 9.47. The maximum Gasteiger partial charge on any atom is 0.285 e. The Morgan fingerprint density at radius 3 is 2.80 bits per heavy atom. The van der Waals surface area contributed by atoms with Crippen LogP contribution in [0.25, 0.3) is 0 Å². The molecule has 1 aromatic carbocycles. The van der Waals surface area contributed by atoms with E-state index in [-0.39, 0.29) is 5.69 Å². The van der Waals surface area contributed by atoms with Crippen LogP contribution in [0.4, 0.5) is 11.4 Å². The standard InChI is InChI=1S/C12H10BrN3O3S/c13-10-2-1-8(4-11(10)16(18)19)15-5-9-3-7(6-20-9)12(14)17/h1-4,6,15H,5H2,(H2,14,17). The highest BCUT2D eigenvalue weighted by Crippen LogP contribution is 2.28. The summed E-state index contributed by atoms with van der Waals surface area (Å²) in [4.78, 5) is 22.3. The van der Waals surface area contributed by atoms with E-state index in [1.165, 1.54) is 17.4 Å². The molecule has 0 unspecified atom stereocenters. The smallest absolute Gasteiger partial charge is 0.285 e. The van der Waals surface area contributed by atoms with Crippen LogP contribution in [-0.2, 0) is 6.54 Å². The number of primary amides is 1. The highest BCUT2D eigenvalue weighted by atomic mass is 79.9. The number of anilines is 1. The van der Waals surface area contributed by atoms with E-state index >= 15 is 0 Å². The van der Waals surface area contributed by atoms with Gasteiger partial charge in [0.1, 0.15) is 0 Å². The Kier molecular flexibility index (Phi) is 4.35. The number of rotatable bonds is 5. The lowest BCUT2D eigenvalue weighted by Crippen LogP contribution is -2.09. The molecule has 3 N–H and O–H groups in total. The average Bonchev–Trinajstić information content (AvgIpc) is 2.86. The van der Waals surface area contributed by atoms with Gasteiger partial charge in [0.25, 0.3) is 5.69 Å². The van der Waals surface area contributed by atoms with Crippen LogP contribution in [0.2, 0.25) is 0 Å². The molecule has 0 saturated carbocycles. The molecule has 1 amide bonds. The molecule has 104 valence electrons. The second kappa shape index (κ2) is 6.02. The highest BCUT2D eigenvalue weighted by molar-refractivity contribution is 9.10. The fourth-order valence-corrected chi connectivity index (χ4v) is 2.76. The SMILES string of the molecule is NC(=O)c1csc(CNc2ccc(Br)c([N+](=O)[O-])c2)c1. The van der Waals surface area contributed by atoms with E-state index in [1.807, 2.05) is 0 Å². The number of nitrogens with two attached hydrogens (primary N) is 1. The first kappa shape index (κ1) is 14.5. The maximum atomic E-state index is 11.0. The van der Waals surface area contributed by atoms with Crippen molar-refractivity contribution in [2.75, 3.05) is 5.32 Å². The second-order valence-corrected chi connectivity index (χ2v) is 5.79. The highest BCUT2D eigenvalue weighted by Gasteiger charge is 2.12. The van der Waals surface area contributed by atoms with E-state index in [0.717, 1.165) is 4.88 Å². The van der Waals surface area contributed by atoms with Crippen LogP contribution in [0.15, 0.2) is 34.1 Å². The van der Waals surface area contributed by atoms with Crippen molar-refractivity contribution in [2.24, 2.45) is 5.73 Å². The zero-order valence-corrected chi connectivity index (χ0v) is 12.5. The molecule has 2 aromatic rings. The van der Waals surface area contributed by atoms with Crippen molar-refractivity contribution in [2.45, 2.75) is 6.54 Å². The number of hydrogen-bond acceptors (Lipinski definition) is 5. The van der Waals surface area contributed by atoms with Gasteiger partial charge in [-0.15, -0.1) is 11.3 Å². The molecule has 0 fully saturated rings. The molecule has 20 heavy (non-hydrogen) atoms. The van der Waals surface area contributed by atoms with E-state index in [4.69, 9.17) is 5.73 Å². The minimum atomic E-state index is -0.466. The number of nitrogens with zero attached hydrogens (tertiary/aromatic N) is 1. The number of carbonyl (C=O) groups is 1. The molecule has 0 saturated heterocycles. The number of carbonyl (C=O) groups excluding carboxylic acids is 1. The molecule has 6 nitrogen and oxygen atoms in total. The average molecular weight is 356 g/mol. The summed E-state index contributed by atoms with van der Waals surface area (Å²) in [5.74, 6) is -0.466. The van der Waals surface area contributed by atoms with Crippen molar-refractivity contribution < 1.29 is 9.72 Å². The zero-order chi connectivity index (χ0) is 14.7. The number of nitro groups is 1. The van der Waals surface area contributed by atoms with Gasteiger partial charge in [-0.2, -0.15) is 0 Å². The summed E-state index contributed by atoms with van der Waals surface area (Å²) in [6, 6.07) is 6.50. The first-order valence-electron chi connectivity index (χ1n) is 5.52. The Bertz CT molecular complexity index is 672. The van der Waals surface area contributed by atoms with Crippen molar-refractivity contribution in [3.63, 3.8) is 0 Å². The molecule has 0 atom stereocenters. The molecule has 0 aliphatic carbocycles. The van der Waals surface area contributed by atoms with Crippen LogP contribution in [0, 0.1) is 10.1 Å². The maximum absolute atomic E-state index is 11.0. The predicted molar refractivity (Wildman–Crippen MR) is 81.0 cm³/mol. The number of thiophene rings is 1. The Morgan fingerprint density at radius 2 is 2.20 bits per heavy atom. The van der Waals surface area contributed by atoms with Crippen molar-refractivity contribution in [1.29, 1.82) is 0 Å². The Hall–Kier alpha value is -1.93. The van der Waals surface area contributed by atoms with Crippen LogP contribution in [0.5, 0.6) is 0 Å². The third-order valence-electron chi connectivity index (χ3n) is 2.55. The lowest BCUT2D eigenvalue weighted by Gasteiger charge is -2.05. The first-order valence-corrected chi connectivity index (χ1v) is 7.19. The van der Waals surface area contributed by atoms with Gasteiger partial charge in [0.05, 0.1) is 15.0 Å². The summed E-state index contributed by atoms with van der Waals surface area (Å²) in [5, 5.41) is 15.6. The normalized spacial score (nSPS) is 10.2. The van der Waals surface area contributed by atoms with Gasteiger partial charge in [-0.1, -0.05) is 0 Å². The van der Waals surface area contributed by atoms with E-state index in [2.05, 4.69) is 21.2 Å². The number of benzene rings is 1. The van der Waals surface area contributed by atoms with Gasteiger partial charge in [0.2, 0.25) is 5.91 Å². The molecule has 1 heterocycles. The predicted octanol–water partition coefficient (Wildman–Crippen LogP) is 3.13. The quantitative estimate of drug-likeness (QED) is 0.635. The van der Waals surface area contributed by atoms with E-state index in [1.54, 1.807) is 23.6 Å². The third-order valence-corrected chi connectivity index (χ3v) is 4.16. The van der Waals surface area contributed by atoms with Gasteiger partial charge in [-0.25, -0.2) is 0 Å². The number of amides is 1. The molecule has 0 aliphatic heterocycles. The molecular weight excluding hydrogens is 346 g/mol. The number of nitrogens with one attached hydrogen (secondary N) is 1. The molecule has 0 radical (unpaired) electrons.